The molecule has 1 aliphatic rings. The van der Waals surface area contributed by atoms with Crippen LogP contribution in [0.4, 0.5) is 0 Å². The van der Waals surface area contributed by atoms with E-state index in [-0.39, 0.29) is 16.8 Å². The number of ether oxygens (including phenoxy) is 1. The first kappa shape index (κ1) is 18.9. The van der Waals surface area contributed by atoms with Crippen molar-refractivity contribution in [2.75, 3.05) is 47.4 Å². The molecule has 1 saturated heterocycles. The maximum atomic E-state index is 12.5. The Hall–Kier alpha value is -1.48. The summed E-state index contributed by atoms with van der Waals surface area (Å²) < 4.78 is 32.7. The van der Waals surface area contributed by atoms with Crippen molar-refractivity contribution in [1.29, 1.82) is 0 Å². The van der Waals surface area contributed by atoms with Crippen molar-refractivity contribution < 1.29 is 17.9 Å². The first-order chi connectivity index (χ1) is 11.3. The first-order valence-corrected chi connectivity index (χ1v) is 9.38. The van der Waals surface area contributed by atoms with Gasteiger partial charge in [0.15, 0.2) is 0 Å². The van der Waals surface area contributed by atoms with Crippen LogP contribution in [-0.4, -0.2) is 77.6 Å². The van der Waals surface area contributed by atoms with Crippen LogP contribution in [0.1, 0.15) is 16.8 Å². The molecule has 0 radical (unpaired) electrons. The molecule has 1 aromatic rings. The number of carbonyl (C=O) groups is 1. The molecular weight excluding hydrogens is 330 g/mol. The molecule has 1 N–H and O–H groups in total. The standard InChI is InChI=1S/C16H25N3O4S/c1-18(2)8-9-19(3)16(20)13-5-4-6-15(11-13)24(21,22)17-14-7-10-23-12-14/h4-6,11,14,17H,7-10,12H2,1-3H3/t14-/m0/s1. The summed E-state index contributed by atoms with van der Waals surface area (Å²) in [7, 11) is 1.92. The molecular formula is C16H25N3O4S. The van der Waals surface area contributed by atoms with Crippen LogP contribution in [0.15, 0.2) is 29.2 Å². The Kier molecular flexibility index (Phi) is 6.34. The van der Waals surface area contributed by atoms with Gasteiger partial charge in [-0.15, -0.1) is 0 Å². The molecule has 1 fully saturated rings. The molecule has 1 amide bonds. The minimum atomic E-state index is -3.66. The highest BCUT2D eigenvalue weighted by atomic mass is 32.2. The molecule has 0 spiro atoms. The molecule has 1 aliphatic heterocycles. The van der Waals surface area contributed by atoms with Gasteiger partial charge in [0.05, 0.1) is 11.5 Å². The van der Waals surface area contributed by atoms with Crippen LogP contribution in [0.25, 0.3) is 0 Å². The van der Waals surface area contributed by atoms with Gasteiger partial charge in [-0.2, -0.15) is 0 Å². The molecule has 24 heavy (non-hydrogen) atoms. The first-order valence-electron chi connectivity index (χ1n) is 7.90. The van der Waals surface area contributed by atoms with Crippen LogP contribution in [0.2, 0.25) is 0 Å². The van der Waals surface area contributed by atoms with Gasteiger partial charge in [0, 0.05) is 38.3 Å². The van der Waals surface area contributed by atoms with Crippen LogP contribution >= 0.6 is 0 Å². The summed E-state index contributed by atoms with van der Waals surface area (Å²) in [5, 5.41) is 0. The minimum Gasteiger partial charge on any atom is -0.380 e. The number of sulfonamides is 1. The molecule has 134 valence electrons. The second-order valence-electron chi connectivity index (χ2n) is 6.24. The minimum absolute atomic E-state index is 0.0984. The summed E-state index contributed by atoms with van der Waals surface area (Å²) >= 11 is 0. The normalized spacial score (nSPS) is 18.1. The number of rotatable bonds is 7. The van der Waals surface area contributed by atoms with E-state index in [0.29, 0.717) is 31.7 Å². The van der Waals surface area contributed by atoms with E-state index < -0.39 is 10.0 Å². The lowest BCUT2D eigenvalue weighted by atomic mass is 10.2. The van der Waals surface area contributed by atoms with Gasteiger partial charge in [0.1, 0.15) is 0 Å². The predicted octanol–water partition coefficient (Wildman–Crippen LogP) is 0.387. The van der Waals surface area contributed by atoms with Crippen LogP contribution < -0.4 is 4.72 Å². The third-order valence-corrected chi connectivity index (χ3v) is 5.39. The van der Waals surface area contributed by atoms with Gasteiger partial charge < -0.3 is 14.5 Å². The zero-order valence-corrected chi connectivity index (χ0v) is 15.2. The number of likely N-dealkylation sites (N-methyl/N-ethyl adjacent to an activating group) is 2. The van der Waals surface area contributed by atoms with E-state index in [4.69, 9.17) is 4.74 Å². The Morgan fingerprint density at radius 2 is 2.04 bits per heavy atom. The quantitative estimate of drug-likeness (QED) is 0.765. The molecule has 0 aromatic heterocycles. The summed E-state index contributed by atoms with van der Waals surface area (Å²) in [5.74, 6) is -0.196. The SMILES string of the molecule is CN(C)CCN(C)C(=O)c1cccc(S(=O)(=O)N[C@H]2CCOC2)c1. The maximum absolute atomic E-state index is 12.5. The lowest BCUT2D eigenvalue weighted by Gasteiger charge is -2.20. The monoisotopic (exact) mass is 355 g/mol. The van der Waals surface area contributed by atoms with E-state index in [1.807, 2.05) is 19.0 Å². The zero-order chi connectivity index (χ0) is 17.7. The highest BCUT2D eigenvalue weighted by molar-refractivity contribution is 7.89. The molecule has 1 heterocycles. The molecule has 8 heteroatoms. The summed E-state index contributed by atoms with van der Waals surface area (Å²) in [6.07, 6.45) is 0.658. The predicted molar refractivity (Wildman–Crippen MR) is 91.5 cm³/mol. The topological polar surface area (TPSA) is 79.0 Å². The Labute approximate surface area is 143 Å². The molecule has 7 nitrogen and oxygen atoms in total. The highest BCUT2D eigenvalue weighted by Crippen LogP contribution is 2.15. The van der Waals surface area contributed by atoms with E-state index in [0.717, 1.165) is 6.54 Å². The number of nitrogens with zero attached hydrogens (tertiary/aromatic N) is 2. The van der Waals surface area contributed by atoms with E-state index in [1.165, 1.54) is 12.1 Å². The van der Waals surface area contributed by atoms with Crippen molar-refractivity contribution in [3.8, 4) is 0 Å². The third-order valence-electron chi connectivity index (χ3n) is 3.87. The van der Waals surface area contributed by atoms with E-state index in [9.17, 15) is 13.2 Å². The Balaban J connectivity index is 2.11. The largest absolute Gasteiger partial charge is 0.380 e. The molecule has 0 aliphatic carbocycles. The van der Waals surface area contributed by atoms with Crippen molar-refractivity contribution in [3.63, 3.8) is 0 Å². The van der Waals surface area contributed by atoms with Crippen LogP contribution in [0.5, 0.6) is 0 Å². The van der Waals surface area contributed by atoms with Gasteiger partial charge in [-0.05, 0) is 38.7 Å². The van der Waals surface area contributed by atoms with Crippen molar-refractivity contribution in [1.82, 2.24) is 14.5 Å². The second kappa shape index (κ2) is 8.06. The number of carbonyl (C=O) groups excluding carboxylic acids is 1. The molecule has 2 rings (SSSR count). The molecule has 0 unspecified atom stereocenters. The van der Waals surface area contributed by atoms with Crippen molar-refractivity contribution >= 4 is 15.9 Å². The molecule has 1 atom stereocenters. The van der Waals surface area contributed by atoms with Crippen molar-refractivity contribution in [2.24, 2.45) is 0 Å². The summed E-state index contributed by atoms with van der Waals surface area (Å²) in [4.78, 5) is 16.1. The Morgan fingerprint density at radius 1 is 1.29 bits per heavy atom. The molecule has 0 bridgehead atoms. The summed E-state index contributed by atoms with van der Waals surface area (Å²) in [6, 6.07) is 5.93. The summed E-state index contributed by atoms with van der Waals surface area (Å²) in [5.41, 5.74) is 0.363. The smallest absolute Gasteiger partial charge is 0.253 e. The van der Waals surface area contributed by atoms with Gasteiger partial charge in [0.25, 0.3) is 5.91 Å². The average Bonchev–Trinajstić information content (AvgIpc) is 3.04. The average molecular weight is 355 g/mol. The number of benzene rings is 1. The molecule has 1 aromatic carbocycles. The van der Waals surface area contributed by atoms with Gasteiger partial charge in [-0.3, -0.25) is 4.79 Å². The van der Waals surface area contributed by atoms with E-state index in [2.05, 4.69) is 4.72 Å². The van der Waals surface area contributed by atoms with Gasteiger partial charge in [-0.1, -0.05) is 6.07 Å². The summed E-state index contributed by atoms with van der Waals surface area (Å²) in [6.45, 7) is 2.25. The lowest BCUT2D eigenvalue weighted by molar-refractivity contribution is 0.0786. The number of nitrogens with one attached hydrogen (secondary N) is 1. The Morgan fingerprint density at radius 3 is 2.67 bits per heavy atom. The fourth-order valence-electron chi connectivity index (χ4n) is 2.38. The van der Waals surface area contributed by atoms with Crippen molar-refractivity contribution in [3.05, 3.63) is 29.8 Å². The van der Waals surface area contributed by atoms with Crippen LogP contribution in [0.3, 0.4) is 0 Å². The maximum Gasteiger partial charge on any atom is 0.253 e. The number of hydrogen-bond acceptors (Lipinski definition) is 5. The van der Waals surface area contributed by atoms with Crippen molar-refractivity contribution in [2.45, 2.75) is 17.4 Å². The highest BCUT2D eigenvalue weighted by Gasteiger charge is 2.24. The Bertz CT molecular complexity index is 670. The number of hydrogen-bond donors (Lipinski definition) is 1. The second-order valence-corrected chi connectivity index (χ2v) is 7.95. The fraction of sp³-hybridized carbons (Fsp3) is 0.562. The van der Waals surface area contributed by atoms with Crippen LogP contribution in [0, 0.1) is 0 Å². The van der Waals surface area contributed by atoms with Gasteiger partial charge in [0.2, 0.25) is 10.0 Å². The third kappa shape index (κ3) is 5.01. The van der Waals surface area contributed by atoms with Gasteiger partial charge >= 0.3 is 0 Å². The van der Waals surface area contributed by atoms with E-state index in [1.54, 1.807) is 24.1 Å². The van der Waals surface area contributed by atoms with Gasteiger partial charge in [-0.25, -0.2) is 13.1 Å². The van der Waals surface area contributed by atoms with Crippen LogP contribution in [-0.2, 0) is 14.8 Å². The lowest BCUT2D eigenvalue weighted by Crippen LogP contribution is -2.35. The van der Waals surface area contributed by atoms with E-state index >= 15 is 0 Å². The zero-order valence-electron chi connectivity index (χ0n) is 14.4. The number of amides is 1. The fourth-order valence-corrected chi connectivity index (χ4v) is 3.68. The molecule has 0 saturated carbocycles.